The number of ketones is 2. The summed E-state index contributed by atoms with van der Waals surface area (Å²) < 4.78 is 17.8. The molecule has 0 atom stereocenters. The van der Waals surface area contributed by atoms with Gasteiger partial charge in [-0.05, 0) is 24.3 Å². The van der Waals surface area contributed by atoms with Gasteiger partial charge < -0.3 is 4.74 Å². The lowest BCUT2D eigenvalue weighted by molar-refractivity contribution is 0.0914. The maximum Gasteiger partial charge on any atom is 0.247 e. The summed E-state index contributed by atoms with van der Waals surface area (Å²) in [6.45, 7) is 0. The van der Waals surface area contributed by atoms with E-state index in [0.29, 0.717) is 10.6 Å². The predicted molar refractivity (Wildman–Crippen MR) is 71.3 cm³/mol. The highest BCUT2D eigenvalue weighted by atomic mass is 32.1. The first-order chi connectivity index (χ1) is 9.60. The number of nitrogens with zero attached hydrogens (tertiary/aromatic N) is 1. The molecule has 20 heavy (non-hydrogen) atoms. The van der Waals surface area contributed by atoms with E-state index in [0.717, 1.165) is 17.4 Å². The second-order valence-corrected chi connectivity index (χ2v) is 5.11. The number of allylic oxidation sites excluding steroid dienone is 2. The summed E-state index contributed by atoms with van der Waals surface area (Å²) >= 11 is 1.11. The van der Waals surface area contributed by atoms with Crippen LogP contribution in [0.1, 0.15) is 20.2 Å². The van der Waals surface area contributed by atoms with Crippen molar-refractivity contribution in [2.24, 2.45) is 0 Å². The van der Waals surface area contributed by atoms with Crippen LogP contribution in [0.2, 0.25) is 0 Å². The molecule has 1 aromatic carbocycles. The first-order valence-corrected chi connectivity index (χ1v) is 6.53. The molecular weight excluding hydrogens is 281 g/mol. The van der Waals surface area contributed by atoms with Gasteiger partial charge in [-0.25, -0.2) is 9.37 Å². The van der Waals surface area contributed by atoms with Gasteiger partial charge >= 0.3 is 0 Å². The lowest BCUT2D eigenvalue weighted by Crippen LogP contribution is -2.16. The topological polar surface area (TPSA) is 56.3 Å². The Kier molecular flexibility index (Phi) is 2.94. The third kappa shape index (κ3) is 1.94. The van der Waals surface area contributed by atoms with Gasteiger partial charge in [-0.2, -0.15) is 0 Å². The van der Waals surface area contributed by atoms with Crippen molar-refractivity contribution >= 4 is 22.9 Å². The van der Waals surface area contributed by atoms with Crippen LogP contribution in [0, 0.1) is 5.82 Å². The summed E-state index contributed by atoms with van der Waals surface area (Å²) in [5, 5.41) is 0.502. The largest absolute Gasteiger partial charge is 0.492 e. The minimum atomic E-state index is -0.410. The van der Waals surface area contributed by atoms with E-state index in [1.54, 1.807) is 12.1 Å². The van der Waals surface area contributed by atoms with Crippen LogP contribution in [0.5, 0.6) is 0 Å². The molecule has 0 bridgehead atoms. The zero-order valence-electron chi connectivity index (χ0n) is 10.3. The smallest absolute Gasteiger partial charge is 0.247 e. The zero-order chi connectivity index (χ0) is 14.3. The molecule has 100 valence electrons. The highest BCUT2D eigenvalue weighted by Gasteiger charge is 2.31. The second kappa shape index (κ2) is 4.64. The summed E-state index contributed by atoms with van der Waals surface area (Å²) in [6, 6.07) is 5.72. The number of rotatable bonds is 2. The number of ether oxygens (including phenoxy) is 1. The van der Waals surface area contributed by atoms with Crippen LogP contribution in [0.25, 0.3) is 10.6 Å². The molecule has 1 aliphatic carbocycles. The molecule has 0 spiro atoms. The molecular formula is C14H8FNO3S. The summed E-state index contributed by atoms with van der Waals surface area (Å²) in [5.74, 6) is -1.09. The molecule has 0 N–H and O–H groups in total. The number of thiazole rings is 1. The van der Waals surface area contributed by atoms with Crippen molar-refractivity contribution in [3.8, 4) is 10.6 Å². The van der Waals surface area contributed by atoms with Crippen molar-refractivity contribution in [3.05, 3.63) is 52.5 Å². The fourth-order valence-electron chi connectivity index (χ4n) is 1.88. The molecule has 2 aromatic rings. The van der Waals surface area contributed by atoms with Crippen molar-refractivity contribution in [1.82, 2.24) is 4.98 Å². The van der Waals surface area contributed by atoms with E-state index >= 15 is 0 Å². The van der Waals surface area contributed by atoms with Crippen molar-refractivity contribution in [3.63, 3.8) is 0 Å². The number of hydrogen-bond acceptors (Lipinski definition) is 5. The van der Waals surface area contributed by atoms with Crippen LogP contribution >= 0.6 is 11.3 Å². The summed E-state index contributed by atoms with van der Waals surface area (Å²) in [4.78, 5) is 28.4. The maximum atomic E-state index is 12.9. The molecule has 1 aromatic heterocycles. The number of carbonyl (C=O) groups is 2. The SMILES string of the molecule is COC1=CC(=O)c2sc(-c3ccc(F)cc3)nc2C1=O. The maximum absolute atomic E-state index is 12.9. The third-order valence-corrected chi connectivity index (χ3v) is 3.98. The average molecular weight is 289 g/mol. The van der Waals surface area contributed by atoms with E-state index in [1.807, 2.05) is 0 Å². The number of carbonyl (C=O) groups excluding carboxylic acids is 2. The molecule has 0 saturated carbocycles. The minimum Gasteiger partial charge on any atom is -0.492 e. The van der Waals surface area contributed by atoms with Crippen LogP contribution in [0.3, 0.4) is 0 Å². The van der Waals surface area contributed by atoms with Crippen molar-refractivity contribution in [1.29, 1.82) is 0 Å². The molecule has 0 unspecified atom stereocenters. The van der Waals surface area contributed by atoms with E-state index in [9.17, 15) is 14.0 Å². The van der Waals surface area contributed by atoms with Gasteiger partial charge in [-0.15, -0.1) is 11.3 Å². The average Bonchev–Trinajstić information content (AvgIpc) is 2.89. The number of hydrogen-bond donors (Lipinski definition) is 0. The van der Waals surface area contributed by atoms with E-state index < -0.39 is 5.78 Å². The Morgan fingerprint density at radius 3 is 2.55 bits per heavy atom. The molecule has 3 rings (SSSR count). The van der Waals surface area contributed by atoms with E-state index in [1.165, 1.54) is 19.2 Å². The van der Waals surface area contributed by atoms with Gasteiger partial charge in [0.25, 0.3) is 0 Å². The highest BCUT2D eigenvalue weighted by Crippen LogP contribution is 2.32. The van der Waals surface area contributed by atoms with Gasteiger partial charge in [-0.1, -0.05) is 0 Å². The van der Waals surface area contributed by atoms with Gasteiger partial charge in [-0.3, -0.25) is 9.59 Å². The number of aromatic nitrogens is 1. The highest BCUT2D eigenvalue weighted by molar-refractivity contribution is 7.17. The molecule has 0 fully saturated rings. The molecule has 1 heterocycles. The van der Waals surface area contributed by atoms with E-state index in [4.69, 9.17) is 4.74 Å². The molecule has 0 aliphatic heterocycles. The Hall–Kier alpha value is -2.34. The second-order valence-electron chi connectivity index (χ2n) is 4.11. The Morgan fingerprint density at radius 1 is 1.20 bits per heavy atom. The van der Waals surface area contributed by atoms with Gasteiger partial charge in [0.2, 0.25) is 11.6 Å². The molecule has 0 radical (unpaired) electrons. The standard InChI is InChI=1S/C14H8FNO3S/c1-19-10-6-9(17)13-11(12(10)18)16-14(20-13)7-2-4-8(15)5-3-7/h2-6H,1H3. The van der Waals surface area contributed by atoms with Crippen LogP contribution in [0.15, 0.2) is 36.1 Å². The molecule has 4 nitrogen and oxygen atoms in total. The van der Waals surface area contributed by atoms with Crippen LogP contribution in [-0.4, -0.2) is 23.7 Å². The van der Waals surface area contributed by atoms with Gasteiger partial charge in [0.1, 0.15) is 21.4 Å². The fourth-order valence-corrected chi connectivity index (χ4v) is 2.85. The fraction of sp³-hybridized carbons (Fsp3) is 0.0714. The quantitative estimate of drug-likeness (QED) is 0.853. The van der Waals surface area contributed by atoms with Crippen LogP contribution < -0.4 is 0 Å². The molecule has 1 aliphatic rings. The van der Waals surface area contributed by atoms with Gasteiger partial charge in [0, 0.05) is 11.6 Å². The van der Waals surface area contributed by atoms with Crippen LogP contribution in [-0.2, 0) is 4.74 Å². The number of Topliss-reactive ketones (excluding diaryl/α,β-unsaturated/α-hetero) is 1. The Morgan fingerprint density at radius 2 is 1.90 bits per heavy atom. The first-order valence-electron chi connectivity index (χ1n) is 5.71. The number of benzene rings is 1. The summed E-state index contributed by atoms with van der Waals surface area (Å²) in [5.41, 5.74) is 0.754. The zero-order valence-corrected chi connectivity index (χ0v) is 11.2. The van der Waals surface area contributed by atoms with Gasteiger partial charge in [0.05, 0.1) is 7.11 Å². The Bertz CT molecular complexity index is 746. The van der Waals surface area contributed by atoms with Gasteiger partial charge in [0.15, 0.2) is 5.76 Å². The number of methoxy groups -OCH3 is 1. The Balaban J connectivity index is 2.08. The van der Waals surface area contributed by atoms with Crippen molar-refractivity contribution in [2.45, 2.75) is 0 Å². The lowest BCUT2D eigenvalue weighted by Gasteiger charge is -2.07. The minimum absolute atomic E-state index is 0.0153. The predicted octanol–water partition coefficient (Wildman–Crippen LogP) is 2.86. The molecule has 6 heteroatoms. The monoisotopic (exact) mass is 289 g/mol. The van der Waals surface area contributed by atoms with E-state index in [-0.39, 0.29) is 27.9 Å². The first kappa shape index (κ1) is 12.7. The molecule has 0 saturated heterocycles. The van der Waals surface area contributed by atoms with Crippen LogP contribution in [0.4, 0.5) is 4.39 Å². The normalized spacial score (nSPS) is 14.0. The summed E-state index contributed by atoms with van der Waals surface area (Å²) in [6.07, 6.45) is 1.16. The number of halogens is 1. The van der Waals surface area contributed by atoms with E-state index in [2.05, 4.69) is 4.98 Å². The Labute approximate surface area is 117 Å². The molecule has 0 amide bonds. The lowest BCUT2D eigenvalue weighted by atomic mass is 10.1. The third-order valence-electron chi connectivity index (χ3n) is 2.86. The van der Waals surface area contributed by atoms with Crippen molar-refractivity contribution < 1.29 is 18.7 Å². The van der Waals surface area contributed by atoms with Crippen molar-refractivity contribution in [2.75, 3.05) is 7.11 Å². The number of fused-ring (bicyclic) bond motifs is 1. The summed E-state index contributed by atoms with van der Waals surface area (Å²) in [7, 11) is 1.33.